The highest BCUT2D eigenvalue weighted by molar-refractivity contribution is 7.99. The van der Waals surface area contributed by atoms with Crippen LogP contribution in [-0.4, -0.2) is 15.7 Å². The fourth-order valence-corrected chi connectivity index (χ4v) is 1.89. The van der Waals surface area contributed by atoms with Gasteiger partial charge < -0.3 is 0 Å². The third-order valence-corrected chi connectivity index (χ3v) is 2.97. The molecule has 0 aliphatic heterocycles. The number of hydrogen-bond acceptors (Lipinski definition) is 3. The van der Waals surface area contributed by atoms with E-state index in [0.717, 1.165) is 28.2 Å². The van der Waals surface area contributed by atoms with Crippen molar-refractivity contribution >= 4 is 22.7 Å². The van der Waals surface area contributed by atoms with Crippen molar-refractivity contribution in [2.75, 3.05) is 5.75 Å². The van der Waals surface area contributed by atoms with Gasteiger partial charge in [0.15, 0.2) is 5.16 Å². The van der Waals surface area contributed by atoms with Crippen molar-refractivity contribution in [2.45, 2.75) is 18.5 Å². The second-order valence-corrected chi connectivity index (χ2v) is 4.12. The first kappa shape index (κ1) is 9.46. The molecule has 0 N–H and O–H groups in total. The van der Waals surface area contributed by atoms with Crippen LogP contribution in [0.1, 0.15) is 13.3 Å². The van der Waals surface area contributed by atoms with Crippen molar-refractivity contribution in [3.05, 3.63) is 30.5 Å². The van der Waals surface area contributed by atoms with Crippen molar-refractivity contribution in [3.63, 3.8) is 0 Å². The lowest BCUT2D eigenvalue weighted by Crippen LogP contribution is -1.88. The van der Waals surface area contributed by atoms with E-state index < -0.39 is 0 Å². The van der Waals surface area contributed by atoms with Gasteiger partial charge in [-0.05, 0) is 12.5 Å². The molecule has 72 valence electrons. The van der Waals surface area contributed by atoms with Gasteiger partial charge >= 0.3 is 0 Å². The van der Waals surface area contributed by atoms with Gasteiger partial charge in [0.1, 0.15) is 0 Å². The van der Waals surface area contributed by atoms with Crippen LogP contribution in [0.5, 0.6) is 0 Å². The molecule has 0 spiro atoms. The summed E-state index contributed by atoms with van der Waals surface area (Å²) in [5, 5.41) is 1.99. The highest BCUT2D eigenvalue weighted by Crippen LogP contribution is 2.17. The Morgan fingerprint density at radius 2 is 2.14 bits per heavy atom. The fourth-order valence-electron chi connectivity index (χ4n) is 1.22. The standard InChI is InChI=1S/C11H12N2S/c1-2-7-14-11-12-8-9-5-3-4-6-10(9)13-11/h3-6,8H,2,7H2,1H3. The Balaban J connectivity index is 2.32. The molecule has 0 fully saturated rings. The van der Waals surface area contributed by atoms with Gasteiger partial charge in [-0.3, -0.25) is 0 Å². The van der Waals surface area contributed by atoms with E-state index in [1.807, 2.05) is 30.5 Å². The summed E-state index contributed by atoms with van der Waals surface area (Å²) in [5.74, 6) is 1.08. The molecule has 1 aromatic heterocycles. The zero-order chi connectivity index (χ0) is 9.80. The molecular weight excluding hydrogens is 192 g/mol. The largest absolute Gasteiger partial charge is 0.230 e. The van der Waals surface area contributed by atoms with Gasteiger partial charge in [0.25, 0.3) is 0 Å². The summed E-state index contributed by atoms with van der Waals surface area (Å²) in [6, 6.07) is 8.06. The van der Waals surface area contributed by atoms with E-state index in [9.17, 15) is 0 Å². The van der Waals surface area contributed by atoms with E-state index in [1.165, 1.54) is 0 Å². The summed E-state index contributed by atoms with van der Waals surface area (Å²) in [5.41, 5.74) is 1.03. The summed E-state index contributed by atoms with van der Waals surface area (Å²) in [7, 11) is 0. The van der Waals surface area contributed by atoms with E-state index in [0.29, 0.717) is 0 Å². The Bertz CT molecular complexity index is 428. The SMILES string of the molecule is CCCSc1ncc2ccccc2n1. The van der Waals surface area contributed by atoms with Gasteiger partial charge in [-0.15, -0.1) is 0 Å². The Morgan fingerprint density at radius 3 is 3.00 bits per heavy atom. The summed E-state index contributed by atoms with van der Waals surface area (Å²) in [6.45, 7) is 2.16. The van der Waals surface area contributed by atoms with E-state index in [1.54, 1.807) is 11.8 Å². The molecule has 0 aliphatic carbocycles. The zero-order valence-electron chi connectivity index (χ0n) is 8.10. The van der Waals surface area contributed by atoms with E-state index in [2.05, 4.69) is 16.9 Å². The first-order chi connectivity index (χ1) is 6.90. The minimum Gasteiger partial charge on any atom is -0.230 e. The Labute approximate surface area is 87.8 Å². The number of aromatic nitrogens is 2. The third kappa shape index (κ3) is 2.04. The second-order valence-electron chi connectivity index (χ2n) is 3.06. The first-order valence-electron chi connectivity index (χ1n) is 4.74. The molecule has 2 aromatic rings. The van der Waals surface area contributed by atoms with Crippen molar-refractivity contribution in [1.29, 1.82) is 0 Å². The van der Waals surface area contributed by atoms with E-state index in [-0.39, 0.29) is 0 Å². The van der Waals surface area contributed by atoms with Crippen LogP contribution in [0.15, 0.2) is 35.6 Å². The summed E-state index contributed by atoms with van der Waals surface area (Å²) >= 11 is 1.71. The monoisotopic (exact) mass is 204 g/mol. The molecule has 0 saturated carbocycles. The summed E-state index contributed by atoms with van der Waals surface area (Å²) < 4.78 is 0. The molecule has 0 amide bonds. The minimum absolute atomic E-state index is 0.880. The molecule has 0 bridgehead atoms. The topological polar surface area (TPSA) is 25.8 Å². The number of thioether (sulfide) groups is 1. The number of benzene rings is 1. The van der Waals surface area contributed by atoms with Crippen LogP contribution < -0.4 is 0 Å². The lowest BCUT2D eigenvalue weighted by Gasteiger charge is -1.99. The van der Waals surface area contributed by atoms with Crippen LogP contribution in [0.25, 0.3) is 10.9 Å². The molecule has 0 atom stereocenters. The Hall–Kier alpha value is -1.09. The average Bonchev–Trinajstić information content (AvgIpc) is 2.26. The number of fused-ring (bicyclic) bond motifs is 1. The van der Waals surface area contributed by atoms with Crippen LogP contribution in [0, 0.1) is 0 Å². The smallest absolute Gasteiger partial charge is 0.188 e. The lowest BCUT2D eigenvalue weighted by atomic mass is 10.2. The predicted octanol–water partition coefficient (Wildman–Crippen LogP) is 3.13. The first-order valence-corrected chi connectivity index (χ1v) is 5.73. The Kier molecular flexibility index (Phi) is 2.99. The maximum atomic E-state index is 4.46. The van der Waals surface area contributed by atoms with Gasteiger partial charge in [-0.2, -0.15) is 0 Å². The number of nitrogens with zero attached hydrogens (tertiary/aromatic N) is 2. The minimum atomic E-state index is 0.880. The molecule has 14 heavy (non-hydrogen) atoms. The molecular formula is C11H12N2S. The maximum Gasteiger partial charge on any atom is 0.188 e. The highest BCUT2D eigenvalue weighted by atomic mass is 32.2. The normalized spacial score (nSPS) is 10.6. The van der Waals surface area contributed by atoms with Crippen LogP contribution >= 0.6 is 11.8 Å². The second kappa shape index (κ2) is 4.42. The molecule has 1 aromatic carbocycles. The van der Waals surface area contributed by atoms with Crippen molar-refractivity contribution in [1.82, 2.24) is 9.97 Å². The zero-order valence-corrected chi connectivity index (χ0v) is 8.92. The number of hydrogen-bond donors (Lipinski definition) is 0. The summed E-state index contributed by atoms with van der Waals surface area (Å²) in [6.07, 6.45) is 3.04. The highest BCUT2D eigenvalue weighted by Gasteiger charge is 1.98. The van der Waals surface area contributed by atoms with Crippen molar-refractivity contribution in [3.8, 4) is 0 Å². The maximum absolute atomic E-state index is 4.46. The molecule has 0 radical (unpaired) electrons. The van der Waals surface area contributed by atoms with Crippen LogP contribution in [0.2, 0.25) is 0 Å². The van der Waals surface area contributed by atoms with Gasteiger partial charge in [0.2, 0.25) is 0 Å². The number of rotatable bonds is 3. The third-order valence-electron chi connectivity index (χ3n) is 1.90. The molecule has 0 aliphatic rings. The van der Waals surface area contributed by atoms with Gasteiger partial charge in [-0.1, -0.05) is 36.9 Å². The Morgan fingerprint density at radius 1 is 1.29 bits per heavy atom. The van der Waals surface area contributed by atoms with Gasteiger partial charge in [0, 0.05) is 17.3 Å². The molecule has 3 heteroatoms. The van der Waals surface area contributed by atoms with E-state index in [4.69, 9.17) is 0 Å². The molecule has 0 saturated heterocycles. The van der Waals surface area contributed by atoms with Crippen molar-refractivity contribution in [2.24, 2.45) is 0 Å². The molecule has 1 heterocycles. The predicted molar refractivity (Wildman–Crippen MR) is 60.6 cm³/mol. The molecule has 0 unspecified atom stereocenters. The quantitative estimate of drug-likeness (QED) is 0.567. The molecule has 2 nitrogen and oxygen atoms in total. The van der Waals surface area contributed by atoms with Crippen LogP contribution in [-0.2, 0) is 0 Å². The van der Waals surface area contributed by atoms with Gasteiger partial charge in [0.05, 0.1) is 5.52 Å². The average molecular weight is 204 g/mol. The number of para-hydroxylation sites is 1. The van der Waals surface area contributed by atoms with E-state index >= 15 is 0 Å². The lowest BCUT2D eigenvalue weighted by molar-refractivity contribution is 0.994. The summed E-state index contributed by atoms with van der Waals surface area (Å²) in [4.78, 5) is 8.76. The fraction of sp³-hybridized carbons (Fsp3) is 0.273. The van der Waals surface area contributed by atoms with Gasteiger partial charge in [-0.25, -0.2) is 9.97 Å². The molecule has 2 rings (SSSR count). The van der Waals surface area contributed by atoms with Crippen molar-refractivity contribution < 1.29 is 0 Å². The van der Waals surface area contributed by atoms with Crippen LogP contribution in [0.4, 0.5) is 0 Å². The van der Waals surface area contributed by atoms with Crippen LogP contribution in [0.3, 0.4) is 0 Å².